The molecule has 3 fully saturated rings. The summed E-state index contributed by atoms with van der Waals surface area (Å²) in [4.78, 5) is 154. The monoisotopic (exact) mass is 1180 g/mol. The van der Waals surface area contributed by atoms with Gasteiger partial charge in [-0.15, -0.1) is 11.8 Å². The molecule has 24 nitrogen and oxygen atoms in total. The van der Waals surface area contributed by atoms with E-state index in [0.29, 0.717) is 29.5 Å². The Bertz CT molecular complexity index is 3160. The summed E-state index contributed by atoms with van der Waals surface area (Å²) >= 11 is 0.965. The van der Waals surface area contributed by atoms with E-state index in [4.69, 9.17) is 22.9 Å². The van der Waals surface area contributed by atoms with E-state index in [9.17, 15) is 38.7 Å². The third kappa shape index (κ3) is 15.8. The number of nitrogens with two attached hydrogens (primary N) is 4. The van der Waals surface area contributed by atoms with Crippen molar-refractivity contribution in [2.24, 2.45) is 27.9 Å². The number of fused-ring (bicyclic) bond motifs is 4. The largest absolute Gasteiger partial charge is 0.508 e. The molecule has 10 amide bonds. The molecule has 8 rings (SSSR count). The van der Waals surface area contributed by atoms with Crippen LogP contribution in [0.25, 0.3) is 0 Å². The minimum atomic E-state index is -1.42. The van der Waals surface area contributed by atoms with E-state index in [1.54, 1.807) is 66.7 Å². The van der Waals surface area contributed by atoms with Gasteiger partial charge in [0.05, 0.1) is 5.75 Å². The number of hydrogen-bond donors (Lipinski definition) is 9. The molecule has 0 saturated carbocycles. The highest BCUT2D eigenvalue weighted by Gasteiger charge is 2.46. The normalized spacial score (nSPS) is 24.2. The number of nitrogens with zero attached hydrogens (tertiary/aromatic N) is 5. The molecular formula is C60H73N13O11S. The number of primary amides is 2. The van der Waals surface area contributed by atoms with Crippen LogP contribution in [0.5, 0.6) is 5.75 Å². The molecule has 0 aliphatic carbocycles. The quantitative estimate of drug-likeness (QED) is 0.0491. The highest BCUT2D eigenvalue weighted by molar-refractivity contribution is 8.00. The molecule has 450 valence electrons. The molecule has 4 aliphatic heterocycles. The maximum atomic E-state index is 15.3. The summed E-state index contributed by atoms with van der Waals surface area (Å²) in [5.41, 5.74) is 26.1. The van der Waals surface area contributed by atoms with Gasteiger partial charge in [-0.25, -0.2) is 0 Å². The van der Waals surface area contributed by atoms with Crippen LogP contribution in [-0.2, 0) is 75.4 Å². The average Bonchev–Trinajstić information content (AvgIpc) is 4.21. The van der Waals surface area contributed by atoms with Crippen molar-refractivity contribution in [3.05, 3.63) is 137 Å². The van der Waals surface area contributed by atoms with E-state index in [0.717, 1.165) is 22.9 Å². The number of carbonyl (C=O) groups excluding carboxylic acids is 10. The van der Waals surface area contributed by atoms with Crippen LogP contribution in [0.15, 0.2) is 108 Å². The molecule has 4 aromatic carbocycles. The van der Waals surface area contributed by atoms with Crippen LogP contribution < -0.4 is 44.2 Å². The molecule has 25 heteroatoms. The van der Waals surface area contributed by atoms with E-state index in [1.807, 2.05) is 12.1 Å². The molecule has 4 aliphatic rings. The number of carbonyl (C=O) groups is 10. The molecule has 0 bridgehead atoms. The van der Waals surface area contributed by atoms with E-state index in [2.05, 4.69) is 26.3 Å². The number of hydrogen-bond acceptors (Lipinski definition) is 13. The van der Waals surface area contributed by atoms with Crippen LogP contribution in [0.1, 0.15) is 76.7 Å². The average molecular weight is 1180 g/mol. The van der Waals surface area contributed by atoms with Crippen molar-refractivity contribution >= 4 is 76.8 Å². The number of aliphatic imine (C=N–C) groups is 1. The smallest absolute Gasteiger partial charge is 0.248 e. The number of phenols is 1. The minimum Gasteiger partial charge on any atom is -0.508 e. The second-order valence-electron chi connectivity index (χ2n) is 21.8. The molecule has 4 heterocycles. The molecule has 13 N–H and O–H groups in total. The van der Waals surface area contributed by atoms with Crippen LogP contribution in [0.2, 0.25) is 0 Å². The van der Waals surface area contributed by atoms with Crippen LogP contribution in [0.3, 0.4) is 0 Å². The van der Waals surface area contributed by atoms with Gasteiger partial charge in [0.2, 0.25) is 59.1 Å². The molecule has 4 aromatic rings. The van der Waals surface area contributed by atoms with E-state index in [1.165, 1.54) is 50.9 Å². The Kier molecular flexibility index (Phi) is 20.8. The summed E-state index contributed by atoms with van der Waals surface area (Å²) in [6, 6.07) is 18.2. The first-order valence-corrected chi connectivity index (χ1v) is 29.5. The molecule has 3 saturated heterocycles. The molecule has 0 unspecified atom stereocenters. The van der Waals surface area contributed by atoms with Crippen molar-refractivity contribution in [2.75, 3.05) is 38.2 Å². The van der Waals surface area contributed by atoms with Gasteiger partial charge in [-0.05, 0) is 90.6 Å². The molecule has 0 radical (unpaired) electrons. The van der Waals surface area contributed by atoms with Gasteiger partial charge in [0.1, 0.15) is 54.1 Å². The fraction of sp³-hybridized carbons (Fsp3) is 0.417. The van der Waals surface area contributed by atoms with Gasteiger partial charge in [0, 0.05) is 70.2 Å². The van der Waals surface area contributed by atoms with E-state index < -0.39 is 107 Å². The highest BCUT2D eigenvalue weighted by Crippen LogP contribution is 2.30. The number of guanidine groups is 1. The number of rotatable bonds is 12. The Hall–Kier alpha value is -9.00. The zero-order chi connectivity index (χ0) is 60.9. The maximum Gasteiger partial charge on any atom is 0.248 e. The number of amides is 10. The van der Waals surface area contributed by atoms with Gasteiger partial charge >= 0.3 is 0 Å². The van der Waals surface area contributed by atoms with Gasteiger partial charge < -0.3 is 68.9 Å². The van der Waals surface area contributed by atoms with Crippen LogP contribution >= 0.6 is 11.8 Å². The zero-order valence-corrected chi connectivity index (χ0v) is 48.0. The van der Waals surface area contributed by atoms with Crippen molar-refractivity contribution in [1.29, 1.82) is 0 Å². The van der Waals surface area contributed by atoms with Crippen LogP contribution in [-0.4, -0.2) is 176 Å². The number of phenolic OH excluding ortho intramolecular Hbond substituents is 1. The Morgan fingerprint density at radius 2 is 1.15 bits per heavy atom. The molecule has 0 aromatic heterocycles. The predicted molar refractivity (Wildman–Crippen MR) is 315 cm³/mol. The fourth-order valence-electron chi connectivity index (χ4n) is 11.3. The lowest BCUT2D eigenvalue weighted by molar-refractivity contribution is -0.150. The van der Waals surface area contributed by atoms with Gasteiger partial charge in [0.25, 0.3) is 0 Å². The molecule has 85 heavy (non-hydrogen) atoms. The minimum absolute atomic E-state index is 0.00706. The SMILES string of the molecule is CN1C(=O)CSC[C@@H](C(N)=O)NC(=O)[C@H](Cc2ccc(C(N)=O)cc2)NC(=O)[C@@H]2Cc3ccccc3CN2C(=O)[C@@H]2CCCN2C(=O)[C@H](CCCN=C(N)N)NC(=O)[C@H](Cc2ccc(O)cc2)NC(=O)[C@@H]2CCCN2C(=O)[C@@H]1Cc1ccccc1. The number of likely N-dealkylation sites (N-methyl/N-ethyl adjacent to an activating group) is 1. The van der Waals surface area contributed by atoms with Crippen molar-refractivity contribution in [2.45, 2.75) is 119 Å². The zero-order valence-electron chi connectivity index (χ0n) is 47.2. The third-order valence-electron chi connectivity index (χ3n) is 16.0. The summed E-state index contributed by atoms with van der Waals surface area (Å²) in [7, 11) is 1.46. The number of benzene rings is 4. The Morgan fingerprint density at radius 3 is 1.78 bits per heavy atom. The number of nitrogens with one attached hydrogen (secondary N) is 4. The maximum absolute atomic E-state index is 15.3. The van der Waals surface area contributed by atoms with Crippen molar-refractivity contribution in [3.63, 3.8) is 0 Å². The first kappa shape index (κ1) is 62.1. The van der Waals surface area contributed by atoms with Crippen LogP contribution in [0.4, 0.5) is 0 Å². The first-order chi connectivity index (χ1) is 40.8. The van der Waals surface area contributed by atoms with Crippen molar-refractivity contribution in [1.82, 2.24) is 40.9 Å². The molecule has 8 atom stereocenters. The van der Waals surface area contributed by atoms with Crippen molar-refractivity contribution < 1.29 is 53.1 Å². The summed E-state index contributed by atoms with van der Waals surface area (Å²) in [6.07, 6.45) is 1.10. The summed E-state index contributed by atoms with van der Waals surface area (Å²) in [5.74, 6) is -7.68. The number of aromatic hydroxyl groups is 1. The topological polar surface area (TPSA) is 368 Å². The number of thioether (sulfide) groups is 1. The van der Waals surface area contributed by atoms with Gasteiger partial charge in [-0.2, -0.15) is 0 Å². The van der Waals surface area contributed by atoms with Crippen LogP contribution in [0, 0.1) is 0 Å². The Morgan fingerprint density at radius 1 is 0.600 bits per heavy atom. The van der Waals surface area contributed by atoms with Gasteiger partial charge in [-0.3, -0.25) is 52.9 Å². The second-order valence-corrected chi connectivity index (χ2v) is 22.8. The lowest BCUT2D eigenvalue weighted by atomic mass is 9.92. The fourth-order valence-corrected chi connectivity index (χ4v) is 12.3. The van der Waals surface area contributed by atoms with Crippen molar-refractivity contribution in [3.8, 4) is 5.75 Å². The van der Waals surface area contributed by atoms with Gasteiger partial charge in [0.15, 0.2) is 5.96 Å². The van der Waals surface area contributed by atoms with Gasteiger partial charge in [-0.1, -0.05) is 78.9 Å². The standard InChI is InChI=1S/C60H73N13O11S/c1-70-49(30-35-10-3-2-4-11-35)59(84)71-26-8-15-46(71)55(80)67-43(29-37-19-23-41(74)24-20-37)53(78)66-42(14-7-25-65-60(63)64)57(82)72-27-9-16-47(72)58(83)73-32-40-13-6-5-12-39(40)31-48(73)56(81)68-44(28-36-17-21-38(22-18-36)51(61)76)54(79)69-45(52(62)77)33-85-34-50(70)75/h2-6,10-13,17-24,42-49,74H,7-9,14-16,25-34H2,1H3,(H2,61,76)(H2,62,77)(H,66,78)(H,67,80)(H,68,81)(H,69,79)(H4,63,64,65)/t42-,43-,44-,45-,46-,47-,48-,49-/m0/s1. The molecule has 0 spiro atoms. The summed E-state index contributed by atoms with van der Waals surface area (Å²) in [6.45, 7) is 0.249. The Labute approximate surface area is 496 Å². The Balaban J connectivity index is 1.18. The highest BCUT2D eigenvalue weighted by atomic mass is 32.2. The third-order valence-corrected chi connectivity index (χ3v) is 17.0. The lowest BCUT2D eigenvalue weighted by Crippen LogP contribution is -2.62. The first-order valence-electron chi connectivity index (χ1n) is 28.3. The molecular weight excluding hydrogens is 1110 g/mol. The van der Waals surface area contributed by atoms with E-state index in [-0.39, 0.29) is 106 Å². The predicted octanol–water partition coefficient (Wildman–Crippen LogP) is -0.494. The second kappa shape index (κ2) is 28.5. The summed E-state index contributed by atoms with van der Waals surface area (Å²) < 4.78 is 0. The van der Waals surface area contributed by atoms with E-state index >= 15 is 14.4 Å². The summed E-state index contributed by atoms with van der Waals surface area (Å²) in [5, 5.41) is 21.4. The lowest BCUT2D eigenvalue weighted by Gasteiger charge is -2.40.